The van der Waals surface area contributed by atoms with E-state index in [0.717, 1.165) is 18.4 Å². The van der Waals surface area contributed by atoms with E-state index in [4.69, 9.17) is 0 Å². The average molecular weight is 393 g/mol. The Morgan fingerprint density at radius 3 is 2.79 bits per heavy atom. The molecule has 0 spiro atoms. The molecule has 2 N–H and O–H groups in total. The van der Waals surface area contributed by atoms with Crippen LogP contribution in [0.4, 0.5) is 4.39 Å². The zero-order valence-electron chi connectivity index (χ0n) is 15.8. The topological polar surface area (TPSA) is 102 Å². The first-order valence-corrected chi connectivity index (χ1v) is 9.61. The highest BCUT2D eigenvalue weighted by Gasteiger charge is 2.38. The predicted octanol–water partition coefficient (Wildman–Crippen LogP) is 2.38. The van der Waals surface area contributed by atoms with Crippen LogP contribution in [-0.2, 0) is 0 Å². The fourth-order valence-electron chi connectivity index (χ4n) is 4.04. The molecule has 8 nitrogen and oxygen atoms in total. The van der Waals surface area contributed by atoms with E-state index >= 15 is 0 Å². The van der Waals surface area contributed by atoms with Crippen LogP contribution >= 0.6 is 0 Å². The highest BCUT2D eigenvalue weighted by Crippen LogP contribution is 2.34. The van der Waals surface area contributed by atoms with Crippen LogP contribution in [-0.4, -0.2) is 53.8 Å². The Hall–Kier alpha value is -3.20. The summed E-state index contributed by atoms with van der Waals surface area (Å²) in [5.74, 6) is 0.582. The maximum absolute atomic E-state index is 14.6. The normalized spacial score (nSPS) is 24.9. The number of hydrogen-bond acceptors (Lipinski definition) is 7. The Bertz CT molecular complexity index is 1080. The third-order valence-electron chi connectivity index (χ3n) is 5.49. The summed E-state index contributed by atoms with van der Waals surface area (Å²) in [7, 11) is 0. The van der Waals surface area contributed by atoms with E-state index in [1.54, 1.807) is 43.3 Å². The largest absolute Gasteiger partial charge is 0.507 e. The fraction of sp³-hybridized carbons (Fsp3) is 0.350. The standard InChI is InChI=1S/C20H20FN7O/c1-11-23-27-28(26-11)15-4-5-16(19(29)10-15)17-6-3-14(24-25-17)9-12-8-13-2-7-18(22-13)20(12)21/h3-6,9-10,13,18,20,22,29H,2,7-8H2,1H3/b12-9+/t13?,18?,20-/m0/s1. The minimum absolute atomic E-state index is 0.0385. The summed E-state index contributed by atoms with van der Waals surface area (Å²) in [6.07, 6.45) is 3.44. The van der Waals surface area contributed by atoms with Crippen LogP contribution in [0.15, 0.2) is 35.9 Å². The number of nitrogens with zero attached hydrogens (tertiary/aromatic N) is 6. The molecule has 3 aromatic rings. The van der Waals surface area contributed by atoms with Gasteiger partial charge in [-0.15, -0.1) is 20.1 Å². The van der Waals surface area contributed by atoms with E-state index in [9.17, 15) is 9.50 Å². The highest BCUT2D eigenvalue weighted by molar-refractivity contribution is 5.68. The zero-order chi connectivity index (χ0) is 20.0. The molecule has 2 aliphatic rings. The number of fused-ring (bicyclic) bond motifs is 2. The molecule has 2 unspecified atom stereocenters. The molecular weight excluding hydrogens is 373 g/mol. The average Bonchev–Trinajstić information content (AvgIpc) is 3.33. The van der Waals surface area contributed by atoms with Crippen molar-refractivity contribution in [3.8, 4) is 22.7 Å². The van der Waals surface area contributed by atoms with Gasteiger partial charge < -0.3 is 10.4 Å². The molecule has 0 aliphatic carbocycles. The number of piperidine rings is 1. The summed E-state index contributed by atoms with van der Waals surface area (Å²) in [5, 5.41) is 34.0. The van der Waals surface area contributed by atoms with Crippen LogP contribution in [0.25, 0.3) is 23.0 Å². The van der Waals surface area contributed by atoms with Gasteiger partial charge >= 0.3 is 0 Å². The summed E-state index contributed by atoms with van der Waals surface area (Å²) >= 11 is 0. The van der Waals surface area contributed by atoms with Gasteiger partial charge in [0.1, 0.15) is 11.9 Å². The van der Waals surface area contributed by atoms with E-state index < -0.39 is 6.17 Å². The Balaban J connectivity index is 1.38. The maximum Gasteiger partial charge on any atom is 0.172 e. The monoisotopic (exact) mass is 393 g/mol. The van der Waals surface area contributed by atoms with Gasteiger partial charge in [-0.3, -0.25) is 0 Å². The predicted molar refractivity (Wildman–Crippen MR) is 104 cm³/mol. The molecule has 0 saturated carbocycles. The lowest BCUT2D eigenvalue weighted by Crippen LogP contribution is -2.42. The highest BCUT2D eigenvalue weighted by atomic mass is 19.1. The van der Waals surface area contributed by atoms with Crippen molar-refractivity contribution in [1.29, 1.82) is 0 Å². The van der Waals surface area contributed by atoms with Crippen molar-refractivity contribution in [2.75, 3.05) is 0 Å². The summed E-state index contributed by atoms with van der Waals surface area (Å²) in [5.41, 5.74) is 3.06. The Morgan fingerprint density at radius 2 is 2.07 bits per heavy atom. The molecule has 29 heavy (non-hydrogen) atoms. The maximum atomic E-state index is 14.6. The number of phenols is 1. The summed E-state index contributed by atoms with van der Waals surface area (Å²) in [4.78, 5) is 1.35. The smallest absolute Gasteiger partial charge is 0.172 e. The number of phenolic OH excluding ortho intramolecular Hbond substituents is 1. The third-order valence-corrected chi connectivity index (χ3v) is 5.49. The van der Waals surface area contributed by atoms with Gasteiger partial charge in [-0.2, -0.15) is 5.10 Å². The Labute approximate surface area is 166 Å². The number of aryl methyl sites for hydroxylation is 1. The SMILES string of the molecule is Cc1nnn(-c2ccc(-c3ccc(/C=C4\CC5CCC(N5)[C@H]4F)nn3)c(O)c2)n1. The Kier molecular flexibility index (Phi) is 4.31. The molecular formula is C20H20FN7O. The van der Waals surface area contributed by atoms with Crippen LogP contribution < -0.4 is 5.32 Å². The van der Waals surface area contributed by atoms with Crippen molar-refractivity contribution in [3.05, 3.63) is 47.4 Å². The summed E-state index contributed by atoms with van der Waals surface area (Å²) in [6, 6.07) is 8.90. The van der Waals surface area contributed by atoms with Gasteiger partial charge in [0, 0.05) is 23.7 Å². The van der Waals surface area contributed by atoms with Crippen molar-refractivity contribution < 1.29 is 9.50 Å². The first kappa shape index (κ1) is 17.9. The molecule has 2 fully saturated rings. The number of rotatable bonds is 3. The quantitative estimate of drug-likeness (QED) is 0.704. The molecule has 148 valence electrons. The van der Waals surface area contributed by atoms with Crippen molar-refractivity contribution in [3.63, 3.8) is 0 Å². The lowest BCUT2D eigenvalue weighted by atomic mass is 9.96. The lowest BCUT2D eigenvalue weighted by molar-refractivity contribution is 0.270. The number of aromatic hydroxyl groups is 1. The number of benzene rings is 1. The minimum atomic E-state index is -0.971. The Morgan fingerprint density at radius 1 is 1.17 bits per heavy atom. The van der Waals surface area contributed by atoms with E-state index in [1.807, 2.05) is 0 Å². The second-order valence-corrected chi connectivity index (χ2v) is 7.54. The minimum Gasteiger partial charge on any atom is -0.507 e. The van der Waals surface area contributed by atoms with Crippen molar-refractivity contribution in [2.45, 2.75) is 44.4 Å². The van der Waals surface area contributed by atoms with Crippen LogP contribution in [0.2, 0.25) is 0 Å². The molecule has 4 heterocycles. The van der Waals surface area contributed by atoms with Gasteiger partial charge in [0.15, 0.2) is 5.82 Å². The van der Waals surface area contributed by atoms with Gasteiger partial charge in [-0.05, 0) is 67.3 Å². The van der Waals surface area contributed by atoms with E-state index in [0.29, 0.717) is 40.9 Å². The molecule has 2 aromatic heterocycles. The van der Waals surface area contributed by atoms with E-state index in [1.165, 1.54) is 4.80 Å². The molecule has 2 saturated heterocycles. The second kappa shape index (κ2) is 7.00. The number of tetrazole rings is 1. The molecule has 0 radical (unpaired) electrons. The number of alkyl halides is 1. The van der Waals surface area contributed by atoms with Gasteiger partial charge in [0.25, 0.3) is 0 Å². The van der Waals surface area contributed by atoms with Crippen LogP contribution in [0, 0.1) is 6.92 Å². The van der Waals surface area contributed by atoms with Crippen LogP contribution in [0.1, 0.15) is 30.8 Å². The first-order chi connectivity index (χ1) is 14.1. The third kappa shape index (κ3) is 3.38. The van der Waals surface area contributed by atoms with E-state index in [2.05, 4.69) is 30.9 Å². The summed E-state index contributed by atoms with van der Waals surface area (Å²) < 4.78 is 14.6. The second-order valence-electron chi connectivity index (χ2n) is 7.54. The van der Waals surface area contributed by atoms with Crippen molar-refractivity contribution in [1.82, 2.24) is 35.7 Å². The van der Waals surface area contributed by atoms with Crippen LogP contribution in [0.5, 0.6) is 5.75 Å². The number of aromatic nitrogens is 6. The molecule has 5 rings (SSSR count). The molecule has 2 bridgehead atoms. The van der Waals surface area contributed by atoms with Crippen LogP contribution in [0.3, 0.4) is 0 Å². The molecule has 3 atom stereocenters. The lowest BCUT2D eigenvalue weighted by Gasteiger charge is -2.27. The number of nitrogens with one attached hydrogen (secondary N) is 1. The van der Waals surface area contributed by atoms with Gasteiger partial charge in [0.2, 0.25) is 0 Å². The van der Waals surface area contributed by atoms with E-state index in [-0.39, 0.29) is 11.8 Å². The molecule has 2 aliphatic heterocycles. The van der Waals surface area contributed by atoms with Crippen molar-refractivity contribution >= 4 is 6.08 Å². The van der Waals surface area contributed by atoms with Gasteiger partial charge in [-0.1, -0.05) is 0 Å². The first-order valence-electron chi connectivity index (χ1n) is 9.61. The molecule has 0 amide bonds. The molecule has 9 heteroatoms. The summed E-state index contributed by atoms with van der Waals surface area (Å²) in [6.45, 7) is 1.74. The van der Waals surface area contributed by atoms with Gasteiger partial charge in [-0.25, -0.2) is 4.39 Å². The number of hydrogen-bond donors (Lipinski definition) is 2. The zero-order valence-corrected chi connectivity index (χ0v) is 15.8. The fourth-order valence-corrected chi connectivity index (χ4v) is 4.04. The van der Waals surface area contributed by atoms with Gasteiger partial charge in [0.05, 0.1) is 17.1 Å². The number of halogens is 1. The molecule has 1 aromatic carbocycles. The van der Waals surface area contributed by atoms with Crippen molar-refractivity contribution in [2.24, 2.45) is 0 Å².